The molecule has 0 saturated carbocycles. The van der Waals surface area contributed by atoms with Gasteiger partial charge < -0.3 is 42.6 Å². The fourth-order valence-corrected chi connectivity index (χ4v) is 4.78. The van der Waals surface area contributed by atoms with Crippen LogP contribution in [0.1, 0.15) is 18.6 Å². The molecule has 0 amide bonds. The molecule has 0 aliphatic carbocycles. The summed E-state index contributed by atoms with van der Waals surface area (Å²) in [5.41, 5.74) is -0.387. The highest BCUT2D eigenvalue weighted by Crippen LogP contribution is 2.53. The summed E-state index contributed by atoms with van der Waals surface area (Å²) in [6, 6.07) is 8.83. The van der Waals surface area contributed by atoms with Crippen LogP contribution in [0.2, 0.25) is 0 Å². The highest BCUT2D eigenvalue weighted by atomic mass is 16.7. The van der Waals surface area contributed by atoms with Gasteiger partial charge in [0.25, 0.3) is 0 Å². The van der Waals surface area contributed by atoms with Gasteiger partial charge in [0.2, 0.25) is 25.5 Å². The van der Waals surface area contributed by atoms with E-state index in [2.05, 4.69) is 0 Å². The van der Waals surface area contributed by atoms with Crippen LogP contribution in [0.4, 0.5) is 0 Å². The molecule has 0 aromatic heterocycles. The zero-order valence-electron chi connectivity index (χ0n) is 18.0. The fraction of sp³-hybridized carbons (Fsp3) is 0.435. The van der Waals surface area contributed by atoms with Crippen LogP contribution in [0.3, 0.4) is 0 Å². The third-order valence-corrected chi connectivity index (χ3v) is 6.26. The second-order valence-electron chi connectivity index (χ2n) is 8.13. The second kappa shape index (κ2) is 7.60. The summed E-state index contributed by atoms with van der Waals surface area (Å²) in [6.07, 6.45) is -1.35. The Morgan fingerprint density at radius 1 is 0.970 bits per heavy atom. The number of rotatable bonds is 5. The van der Waals surface area contributed by atoms with Crippen molar-refractivity contribution in [2.45, 2.75) is 24.9 Å². The highest BCUT2D eigenvalue weighted by Gasteiger charge is 2.64. The van der Waals surface area contributed by atoms with Crippen LogP contribution in [0, 0.1) is 5.92 Å². The summed E-state index contributed by atoms with van der Waals surface area (Å²) >= 11 is 0. The molecule has 0 radical (unpaired) electrons. The van der Waals surface area contributed by atoms with Crippen molar-refractivity contribution in [3.63, 3.8) is 0 Å². The van der Waals surface area contributed by atoms with Crippen LogP contribution >= 0.6 is 0 Å². The number of esters is 1. The summed E-state index contributed by atoms with van der Waals surface area (Å²) in [4.78, 5) is 12.1. The molecule has 0 unspecified atom stereocenters. The summed E-state index contributed by atoms with van der Waals surface area (Å²) in [5.74, 6) is 2.72. The lowest BCUT2D eigenvalue weighted by Crippen LogP contribution is -2.50. The molecule has 0 spiro atoms. The van der Waals surface area contributed by atoms with Crippen LogP contribution in [-0.4, -0.2) is 51.8 Å². The summed E-state index contributed by atoms with van der Waals surface area (Å²) in [6.45, 7) is 2.00. The molecule has 2 aromatic carbocycles. The van der Waals surface area contributed by atoms with Gasteiger partial charge in [0.1, 0.15) is 11.5 Å². The standard InChI is InChI=1S/C23H22O10/c1-12(24)33-23-9-27-21(14-6-19-20(31-11-30-19)7-17(14)25-2)15(23)8-26-22(23)32-13-3-4-16-18(5-13)29-10-28-16/h3-7,15,21-22H,8-11H2,1-2H3/t15-,21-,22+,23-/m1/s1. The lowest BCUT2D eigenvalue weighted by molar-refractivity contribution is -0.191. The minimum atomic E-state index is -1.14. The molecular weight excluding hydrogens is 436 g/mol. The number of ether oxygens (including phenoxy) is 9. The number of hydrogen-bond acceptors (Lipinski definition) is 10. The van der Waals surface area contributed by atoms with E-state index < -0.39 is 24.0 Å². The van der Waals surface area contributed by atoms with Crippen molar-refractivity contribution in [3.05, 3.63) is 35.9 Å². The maximum atomic E-state index is 12.1. The van der Waals surface area contributed by atoms with Gasteiger partial charge in [0.15, 0.2) is 23.0 Å². The van der Waals surface area contributed by atoms with E-state index in [1.54, 1.807) is 31.4 Å². The predicted molar refractivity (Wildman–Crippen MR) is 109 cm³/mol. The zero-order chi connectivity index (χ0) is 22.6. The van der Waals surface area contributed by atoms with Gasteiger partial charge in [-0.1, -0.05) is 0 Å². The quantitative estimate of drug-likeness (QED) is 0.622. The van der Waals surface area contributed by atoms with Gasteiger partial charge in [-0.3, -0.25) is 4.79 Å². The van der Waals surface area contributed by atoms with E-state index >= 15 is 0 Å². The molecule has 4 aliphatic heterocycles. The first kappa shape index (κ1) is 20.3. The SMILES string of the molecule is COc1cc2c(cc1[C@H]1OC[C@]3(OC(C)=O)[C@H](Oc4ccc5c(c4)OCO5)OC[C@H]13)OCO2. The molecule has 0 N–H and O–H groups in total. The molecule has 10 nitrogen and oxygen atoms in total. The van der Waals surface area contributed by atoms with Gasteiger partial charge in [0, 0.05) is 24.6 Å². The van der Waals surface area contributed by atoms with Crippen LogP contribution in [0.25, 0.3) is 0 Å². The minimum Gasteiger partial charge on any atom is -0.496 e. The average molecular weight is 458 g/mol. The molecule has 0 bridgehead atoms. The maximum Gasteiger partial charge on any atom is 0.303 e. The molecule has 174 valence electrons. The number of hydrogen-bond donors (Lipinski definition) is 0. The highest BCUT2D eigenvalue weighted by molar-refractivity contribution is 5.67. The number of carbonyl (C=O) groups is 1. The van der Waals surface area contributed by atoms with Crippen molar-refractivity contribution in [3.8, 4) is 34.5 Å². The maximum absolute atomic E-state index is 12.1. The zero-order valence-corrected chi connectivity index (χ0v) is 18.0. The Hall–Kier alpha value is -3.37. The van der Waals surface area contributed by atoms with Crippen molar-refractivity contribution in [2.24, 2.45) is 5.92 Å². The first-order valence-electron chi connectivity index (χ1n) is 10.5. The average Bonchev–Trinajstić information content (AvgIpc) is 3.57. The van der Waals surface area contributed by atoms with Gasteiger partial charge in [-0.15, -0.1) is 0 Å². The van der Waals surface area contributed by atoms with Crippen LogP contribution < -0.4 is 28.4 Å². The Morgan fingerprint density at radius 3 is 2.45 bits per heavy atom. The van der Waals surface area contributed by atoms with Gasteiger partial charge in [0.05, 0.1) is 32.3 Å². The molecule has 2 aromatic rings. The Labute approximate surface area is 189 Å². The summed E-state index contributed by atoms with van der Waals surface area (Å²) in [7, 11) is 1.58. The first-order valence-corrected chi connectivity index (χ1v) is 10.5. The van der Waals surface area contributed by atoms with Crippen molar-refractivity contribution < 1.29 is 47.4 Å². The van der Waals surface area contributed by atoms with Crippen molar-refractivity contribution in [1.82, 2.24) is 0 Å². The number of methoxy groups -OCH3 is 1. The number of fused-ring (bicyclic) bond motifs is 3. The Bertz CT molecular complexity index is 1100. The van der Waals surface area contributed by atoms with Gasteiger partial charge in [-0.2, -0.15) is 0 Å². The van der Waals surface area contributed by atoms with E-state index in [9.17, 15) is 4.79 Å². The number of benzene rings is 2. The monoisotopic (exact) mass is 458 g/mol. The van der Waals surface area contributed by atoms with E-state index in [0.29, 0.717) is 34.5 Å². The van der Waals surface area contributed by atoms with E-state index in [0.717, 1.165) is 5.56 Å². The van der Waals surface area contributed by atoms with Crippen molar-refractivity contribution >= 4 is 5.97 Å². The molecule has 6 rings (SSSR count). The normalized spacial score (nSPS) is 28.5. The van der Waals surface area contributed by atoms with Crippen LogP contribution in [0.15, 0.2) is 30.3 Å². The predicted octanol–water partition coefficient (Wildman–Crippen LogP) is 2.58. The Kier molecular flexibility index (Phi) is 4.66. The smallest absolute Gasteiger partial charge is 0.303 e. The van der Waals surface area contributed by atoms with Crippen LogP contribution in [0.5, 0.6) is 34.5 Å². The molecule has 4 heterocycles. The van der Waals surface area contributed by atoms with E-state index in [1.807, 2.05) is 6.07 Å². The molecule has 2 saturated heterocycles. The van der Waals surface area contributed by atoms with Gasteiger partial charge in [-0.25, -0.2) is 0 Å². The van der Waals surface area contributed by atoms with Gasteiger partial charge in [-0.05, 0) is 18.2 Å². The molecule has 33 heavy (non-hydrogen) atoms. The first-order chi connectivity index (χ1) is 16.1. The third kappa shape index (κ3) is 3.20. The van der Waals surface area contributed by atoms with E-state index in [1.165, 1.54) is 6.92 Å². The van der Waals surface area contributed by atoms with Gasteiger partial charge >= 0.3 is 5.97 Å². The van der Waals surface area contributed by atoms with Crippen LogP contribution in [-0.2, 0) is 19.0 Å². The minimum absolute atomic E-state index is 0.0920. The Morgan fingerprint density at radius 2 is 1.70 bits per heavy atom. The summed E-state index contributed by atoms with van der Waals surface area (Å²) < 4.78 is 51.6. The fourth-order valence-electron chi connectivity index (χ4n) is 4.78. The lowest BCUT2D eigenvalue weighted by Gasteiger charge is -2.32. The molecule has 2 fully saturated rings. The second-order valence-corrected chi connectivity index (χ2v) is 8.13. The largest absolute Gasteiger partial charge is 0.496 e. The number of carbonyl (C=O) groups excluding carboxylic acids is 1. The lowest BCUT2D eigenvalue weighted by atomic mass is 9.85. The summed E-state index contributed by atoms with van der Waals surface area (Å²) in [5, 5.41) is 0. The van der Waals surface area contributed by atoms with E-state index in [-0.39, 0.29) is 32.7 Å². The van der Waals surface area contributed by atoms with Crippen molar-refractivity contribution in [1.29, 1.82) is 0 Å². The van der Waals surface area contributed by atoms with Crippen molar-refractivity contribution in [2.75, 3.05) is 33.9 Å². The molecular formula is C23H22O10. The molecule has 10 heteroatoms. The van der Waals surface area contributed by atoms with E-state index in [4.69, 9.17) is 42.6 Å². The topological polar surface area (TPSA) is 100 Å². The molecule has 4 aliphatic rings. The Balaban J connectivity index is 1.32. The third-order valence-electron chi connectivity index (χ3n) is 6.26. The molecule has 4 atom stereocenters.